The van der Waals surface area contributed by atoms with Crippen LogP contribution in [0.5, 0.6) is 0 Å². The normalized spacial score (nSPS) is 11.6. The second-order valence-corrected chi connectivity index (χ2v) is 4.28. The average Bonchev–Trinajstić information content (AvgIpc) is 2.23. The Balaban J connectivity index is 3.65. The first-order valence-electron chi connectivity index (χ1n) is 3.23. The maximum atomic E-state index is 11.0. The molecule has 0 saturated carbocycles. The summed E-state index contributed by atoms with van der Waals surface area (Å²) in [5.74, 6) is -1.49. The molecule has 0 saturated heterocycles. The number of hydrogen-bond donors (Lipinski definition) is 2. The van der Waals surface area contributed by atoms with Crippen LogP contribution in [0.2, 0.25) is 5.15 Å². The molecule has 3 N–H and O–H groups in total. The number of halogens is 1. The van der Waals surface area contributed by atoms with Gasteiger partial charge in [-0.1, -0.05) is 11.6 Å². The van der Waals surface area contributed by atoms with Crippen LogP contribution in [0.25, 0.3) is 0 Å². The van der Waals surface area contributed by atoms with E-state index in [1.54, 1.807) is 0 Å². The fourth-order valence-electron chi connectivity index (χ4n) is 0.983. The van der Waals surface area contributed by atoms with Crippen LogP contribution in [0.3, 0.4) is 0 Å². The van der Waals surface area contributed by atoms with Gasteiger partial charge in [0.15, 0.2) is 10.2 Å². The molecule has 1 aromatic heterocycles. The Morgan fingerprint density at radius 2 is 2.14 bits per heavy atom. The number of rotatable bonds is 2. The van der Waals surface area contributed by atoms with Gasteiger partial charge in [0.25, 0.3) is 10.0 Å². The number of sulfonamides is 1. The molecule has 0 radical (unpaired) electrons. The minimum absolute atomic E-state index is 0.413. The van der Waals surface area contributed by atoms with Crippen molar-refractivity contribution in [3.63, 3.8) is 0 Å². The number of aryl methyl sites for hydroxylation is 1. The fourth-order valence-corrected chi connectivity index (χ4v) is 2.20. The number of carboxylic acid groups (broad SMARTS) is 1. The van der Waals surface area contributed by atoms with E-state index in [0.717, 1.165) is 4.68 Å². The van der Waals surface area contributed by atoms with Gasteiger partial charge < -0.3 is 5.11 Å². The van der Waals surface area contributed by atoms with Crippen molar-refractivity contribution in [1.29, 1.82) is 0 Å². The van der Waals surface area contributed by atoms with Crippen LogP contribution in [0.1, 0.15) is 10.4 Å². The molecule has 7 nitrogen and oxygen atoms in total. The Labute approximate surface area is 84.1 Å². The number of aromatic nitrogens is 2. The van der Waals surface area contributed by atoms with Crippen molar-refractivity contribution >= 4 is 27.6 Å². The van der Waals surface area contributed by atoms with Crippen molar-refractivity contribution in [2.24, 2.45) is 12.2 Å². The summed E-state index contributed by atoms with van der Waals surface area (Å²) in [7, 11) is -2.92. The Hall–Kier alpha value is -1.12. The van der Waals surface area contributed by atoms with E-state index in [1.165, 1.54) is 7.05 Å². The van der Waals surface area contributed by atoms with Crippen LogP contribution in [-0.2, 0) is 17.1 Å². The van der Waals surface area contributed by atoms with Crippen molar-refractivity contribution in [3.05, 3.63) is 10.7 Å². The van der Waals surface area contributed by atoms with Crippen molar-refractivity contribution in [1.82, 2.24) is 9.78 Å². The number of carboxylic acids is 1. The smallest absolute Gasteiger partial charge is 0.341 e. The van der Waals surface area contributed by atoms with Crippen molar-refractivity contribution in [2.45, 2.75) is 5.03 Å². The van der Waals surface area contributed by atoms with Gasteiger partial charge in [-0.25, -0.2) is 18.4 Å². The van der Waals surface area contributed by atoms with E-state index in [4.69, 9.17) is 21.8 Å². The summed E-state index contributed by atoms with van der Waals surface area (Å²) < 4.78 is 22.8. The Morgan fingerprint density at radius 1 is 1.64 bits per heavy atom. The Bertz CT molecular complexity index is 491. The van der Waals surface area contributed by atoms with Gasteiger partial charge in [0.1, 0.15) is 5.56 Å². The fraction of sp³-hybridized carbons (Fsp3) is 0.200. The van der Waals surface area contributed by atoms with E-state index in [0.29, 0.717) is 0 Å². The summed E-state index contributed by atoms with van der Waals surface area (Å²) >= 11 is 5.42. The first-order valence-corrected chi connectivity index (χ1v) is 5.16. The highest BCUT2D eigenvalue weighted by atomic mass is 35.5. The highest BCUT2D eigenvalue weighted by Crippen LogP contribution is 2.21. The number of nitrogens with zero attached hydrogens (tertiary/aromatic N) is 2. The first kappa shape index (κ1) is 11.0. The predicted octanol–water partition coefficient (Wildman–Crippen LogP) is -0.581. The molecule has 0 aromatic carbocycles. The first-order chi connectivity index (χ1) is 6.25. The summed E-state index contributed by atoms with van der Waals surface area (Å²) in [4.78, 5) is 10.6. The summed E-state index contributed by atoms with van der Waals surface area (Å²) in [5.41, 5.74) is -0.614. The number of nitrogens with two attached hydrogens (primary N) is 1. The van der Waals surface area contributed by atoms with E-state index in [2.05, 4.69) is 5.10 Å². The molecule has 0 bridgehead atoms. The van der Waals surface area contributed by atoms with Crippen LogP contribution in [-0.4, -0.2) is 29.3 Å². The highest BCUT2D eigenvalue weighted by molar-refractivity contribution is 7.89. The minimum Gasteiger partial charge on any atom is -0.477 e. The van der Waals surface area contributed by atoms with Gasteiger partial charge in [-0.2, -0.15) is 5.10 Å². The van der Waals surface area contributed by atoms with Gasteiger partial charge in [-0.05, 0) is 0 Å². The van der Waals surface area contributed by atoms with Crippen molar-refractivity contribution in [2.75, 3.05) is 0 Å². The molecule has 0 aliphatic heterocycles. The van der Waals surface area contributed by atoms with Gasteiger partial charge in [0.05, 0.1) is 0 Å². The predicted molar refractivity (Wildman–Crippen MR) is 46.6 cm³/mol. The highest BCUT2D eigenvalue weighted by Gasteiger charge is 2.28. The van der Waals surface area contributed by atoms with Crippen LogP contribution in [0, 0.1) is 0 Å². The van der Waals surface area contributed by atoms with E-state index < -0.39 is 31.7 Å². The quantitative estimate of drug-likeness (QED) is 0.716. The molecule has 0 aliphatic carbocycles. The van der Waals surface area contributed by atoms with Gasteiger partial charge in [0, 0.05) is 7.05 Å². The summed E-state index contributed by atoms with van der Waals surface area (Å²) in [6.45, 7) is 0. The van der Waals surface area contributed by atoms with Crippen LogP contribution >= 0.6 is 11.6 Å². The lowest BCUT2D eigenvalue weighted by atomic mass is 10.4. The lowest BCUT2D eigenvalue weighted by molar-refractivity contribution is 0.0692. The zero-order chi connectivity index (χ0) is 11.1. The minimum atomic E-state index is -4.15. The number of primary sulfonamides is 1. The molecule has 0 amide bonds. The molecule has 1 aromatic rings. The summed E-state index contributed by atoms with van der Waals surface area (Å²) in [5, 5.41) is 15.9. The second kappa shape index (κ2) is 3.23. The number of hydrogen-bond acceptors (Lipinski definition) is 4. The molecule has 1 heterocycles. The topological polar surface area (TPSA) is 115 Å². The monoisotopic (exact) mass is 239 g/mol. The van der Waals surface area contributed by atoms with E-state index in [9.17, 15) is 13.2 Å². The molecule has 14 heavy (non-hydrogen) atoms. The third kappa shape index (κ3) is 1.72. The van der Waals surface area contributed by atoms with Gasteiger partial charge in [-0.3, -0.25) is 4.68 Å². The van der Waals surface area contributed by atoms with E-state index in [-0.39, 0.29) is 0 Å². The third-order valence-corrected chi connectivity index (χ3v) is 2.71. The van der Waals surface area contributed by atoms with Crippen molar-refractivity contribution < 1.29 is 18.3 Å². The zero-order valence-electron chi connectivity index (χ0n) is 6.93. The largest absolute Gasteiger partial charge is 0.477 e. The summed E-state index contributed by atoms with van der Waals surface area (Å²) in [6, 6.07) is 0. The molecular weight excluding hydrogens is 234 g/mol. The molecule has 78 valence electrons. The lowest BCUT2D eigenvalue weighted by Crippen LogP contribution is -2.19. The van der Waals surface area contributed by atoms with Gasteiger partial charge in [0.2, 0.25) is 0 Å². The molecule has 0 aliphatic rings. The molecular formula is C5H6ClN3O4S. The Kier molecular flexibility index (Phi) is 2.52. The number of aromatic carboxylic acids is 1. The Morgan fingerprint density at radius 3 is 2.43 bits per heavy atom. The van der Waals surface area contributed by atoms with E-state index in [1.807, 2.05) is 0 Å². The molecule has 1 rings (SSSR count). The van der Waals surface area contributed by atoms with Gasteiger partial charge in [-0.15, -0.1) is 0 Å². The summed E-state index contributed by atoms with van der Waals surface area (Å²) in [6.07, 6.45) is 0. The molecule has 0 atom stereocenters. The van der Waals surface area contributed by atoms with Crippen LogP contribution < -0.4 is 5.14 Å². The second-order valence-electron chi connectivity index (χ2n) is 2.44. The standard InChI is InChI=1S/C5H6ClN3O4S/c1-9-4(14(7,12)13)2(5(10)11)3(6)8-9/h1H3,(H,10,11)(H2,7,12,13). The van der Waals surface area contributed by atoms with Crippen LogP contribution in [0.15, 0.2) is 5.03 Å². The molecule has 9 heteroatoms. The maximum Gasteiger partial charge on any atom is 0.341 e. The average molecular weight is 240 g/mol. The van der Waals surface area contributed by atoms with Crippen LogP contribution in [0.4, 0.5) is 0 Å². The zero-order valence-corrected chi connectivity index (χ0v) is 8.50. The SMILES string of the molecule is Cn1nc(Cl)c(C(=O)O)c1S(N)(=O)=O. The van der Waals surface area contributed by atoms with Crippen molar-refractivity contribution in [3.8, 4) is 0 Å². The number of carbonyl (C=O) groups is 1. The molecule has 0 spiro atoms. The molecule has 0 fully saturated rings. The maximum absolute atomic E-state index is 11.0. The molecule has 0 unspecified atom stereocenters. The van der Waals surface area contributed by atoms with Gasteiger partial charge >= 0.3 is 5.97 Å². The lowest BCUT2D eigenvalue weighted by Gasteiger charge is -1.98. The van der Waals surface area contributed by atoms with E-state index >= 15 is 0 Å². The third-order valence-electron chi connectivity index (χ3n) is 1.44.